The van der Waals surface area contributed by atoms with Crippen LogP contribution < -0.4 is 5.32 Å². The molecule has 0 spiro atoms. The fourth-order valence-corrected chi connectivity index (χ4v) is 2.03. The number of methoxy groups -OCH3 is 1. The summed E-state index contributed by atoms with van der Waals surface area (Å²) in [7, 11) is 3.25. The van der Waals surface area contributed by atoms with E-state index >= 15 is 0 Å². The van der Waals surface area contributed by atoms with Crippen LogP contribution in [0.2, 0.25) is 0 Å². The Morgan fingerprint density at radius 2 is 2.00 bits per heavy atom. The first-order valence-corrected chi connectivity index (χ1v) is 6.42. The summed E-state index contributed by atoms with van der Waals surface area (Å²) in [6.07, 6.45) is 2.44. The van der Waals surface area contributed by atoms with E-state index in [1.54, 1.807) is 14.2 Å². The third-order valence-electron chi connectivity index (χ3n) is 2.92. The van der Waals surface area contributed by atoms with E-state index in [-0.39, 0.29) is 17.4 Å². The van der Waals surface area contributed by atoms with Gasteiger partial charge in [-0.1, -0.05) is 27.4 Å². The molecule has 1 fully saturated rings. The van der Waals surface area contributed by atoms with Crippen molar-refractivity contribution in [1.82, 2.24) is 10.2 Å². The van der Waals surface area contributed by atoms with Crippen LogP contribution in [0.4, 0.5) is 0 Å². The van der Waals surface area contributed by atoms with Gasteiger partial charge in [0.15, 0.2) is 0 Å². The Labute approximate surface area is 111 Å². The summed E-state index contributed by atoms with van der Waals surface area (Å²) in [4.78, 5) is 13.7. The number of hydrogen-bond donors (Lipinski definition) is 1. The highest BCUT2D eigenvalue weighted by atomic mass is 16.4. The van der Waals surface area contributed by atoms with Gasteiger partial charge in [0.05, 0.1) is 0 Å². The summed E-state index contributed by atoms with van der Waals surface area (Å²) in [5.74, 6) is 0.0543. The molecule has 0 aromatic rings. The minimum absolute atomic E-state index is 0.0543. The molecular formula is C14H28N2O2. The maximum Gasteiger partial charge on any atom is 0.246 e. The molecular weight excluding hydrogens is 228 g/mol. The maximum absolute atomic E-state index is 11.8. The molecule has 4 heteroatoms. The normalized spacial score (nSPS) is 20.5. The Hall–Kier alpha value is -0.870. The lowest BCUT2D eigenvalue weighted by molar-refractivity contribution is -0.130. The summed E-state index contributed by atoms with van der Waals surface area (Å²) in [6, 6.07) is 0.255. The molecule has 0 radical (unpaired) electrons. The van der Waals surface area contributed by atoms with E-state index in [0.717, 1.165) is 26.1 Å². The fourth-order valence-electron chi connectivity index (χ4n) is 2.03. The number of amides is 1. The molecule has 0 bridgehead atoms. The molecule has 1 aliphatic heterocycles. The smallest absolute Gasteiger partial charge is 0.246 e. The van der Waals surface area contributed by atoms with E-state index in [1.165, 1.54) is 6.08 Å². The number of carbonyl (C=O) groups is 1. The van der Waals surface area contributed by atoms with Crippen molar-refractivity contribution in [3.63, 3.8) is 0 Å². The molecule has 18 heavy (non-hydrogen) atoms. The first kappa shape index (κ1) is 17.1. The molecule has 0 saturated carbocycles. The van der Waals surface area contributed by atoms with Crippen molar-refractivity contribution in [2.75, 3.05) is 33.9 Å². The van der Waals surface area contributed by atoms with E-state index in [0.29, 0.717) is 0 Å². The van der Waals surface area contributed by atoms with E-state index in [4.69, 9.17) is 0 Å². The highest BCUT2D eigenvalue weighted by Gasteiger charge is 2.32. The first-order chi connectivity index (χ1) is 8.38. The third-order valence-corrected chi connectivity index (χ3v) is 2.92. The first-order valence-electron chi connectivity index (χ1n) is 6.42. The quantitative estimate of drug-likeness (QED) is 0.726. The maximum atomic E-state index is 11.8. The number of rotatable bonds is 1. The SMILES string of the molecule is C=CC(=O)N1CCCNCC1C(C)(C)C.COC. The van der Waals surface area contributed by atoms with Gasteiger partial charge in [-0.2, -0.15) is 0 Å². The van der Waals surface area contributed by atoms with Crippen LogP contribution >= 0.6 is 0 Å². The predicted octanol–water partition coefficient (Wildman–Crippen LogP) is 1.67. The van der Waals surface area contributed by atoms with Crippen LogP contribution in [0.3, 0.4) is 0 Å². The molecule has 106 valence electrons. The number of nitrogens with zero attached hydrogens (tertiary/aromatic N) is 1. The number of nitrogens with one attached hydrogen (secondary N) is 1. The van der Waals surface area contributed by atoms with Crippen molar-refractivity contribution in [2.24, 2.45) is 5.41 Å². The largest absolute Gasteiger partial charge is 0.388 e. The van der Waals surface area contributed by atoms with Crippen LogP contribution in [0.15, 0.2) is 12.7 Å². The van der Waals surface area contributed by atoms with Crippen LogP contribution in [-0.2, 0) is 9.53 Å². The lowest BCUT2D eigenvalue weighted by Gasteiger charge is -2.38. The van der Waals surface area contributed by atoms with Crippen molar-refractivity contribution in [1.29, 1.82) is 0 Å². The third kappa shape index (κ3) is 5.65. The molecule has 0 aromatic heterocycles. The fraction of sp³-hybridized carbons (Fsp3) is 0.786. The highest BCUT2D eigenvalue weighted by molar-refractivity contribution is 5.87. The van der Waals surface area contributed by atoms with Crippen molar-refractivity contribution < 1.29 is 9.53 Å². The van der Waals surface area contributed by atoms with Crippen LogP contribution in [0, 0.1) is 5.41 Å². The van der Waals surface area contributed by atoms with Crippen LogP contribution in [0.5, 0.6) is 0 Å². The highest BCUT2D eigenvalue weighted by Crippen LogP contribution is 2.25. The van der Waals surface area contributed by atoms with Crippen molar-refractivity contribution in [3.8, 4) is 0 Å². The molecule has 1 saturated heterocycles. The monoisotopic (exact) mass is 256 g/mol. The lowest BCUT2D eigenvalue weighted by atomic mass is 9.85. The van der Waals surface area contributed by atoms with Gasteiger partial charge in [0.2, 0.25) is 5.91 Å². The van der Waals surface area contributed by atoms with Gasteiger partial charge >= 0.3 is 0 Å². The summed E-state index contributed by atoms with van der Waals surface area (Å²) in [5.41, 5.74) is 0.107. The molecule has 1 rings (SSSR count). The molecule has 1 N–H and O–H groups in total. The predicted molar refractivity (Wildman–Crippen MR) is 75.6 cm³/mol. The molecule has 1 atom stereocenters. The number of carbonyl (C=O) groups excluding carboxylic acids is 1. The molecule has 0 aliphatic carbocycles. The van der Waals surface area contributed by atoms with Gasteiger partial charge in [0.1, 0.15) is 0 Å². The van der Waals surface area contributed by atoms with E-state index in [1.807, 2.05) is 4.90 Å². The Morgan fingerprint density at radius 3 is 2.44 bits per heavy atom. The Bertz CT molecular complexity index is 259. The van der Waals surface area contributed by atoms with Gasteiger partial charge in [-0.3, -0.25) is 4.79 Å². The summed E-state index contributed by atoms with van der Waals surface area (Å²) in [5, 5.41) is 3.38. The van der Waals surface area contributed by atoms with Crippen LogP contribution in [0.25, 0.3) is 0 Å². The molecule has 1 amide bonds. The zero-order valence-electron chi connectivity index (χ0n) is 12.5. The molecule has 4 nitrogen and oxygen atoms in total. The second-order valence-electron chi connectivity index (χ2n) is 5.58. The van der Waals surface area contributed by atoms with Gasteiger partial charge in [0.25, 0.3) is 0 Å². The Balaban J connectivity index is 0.000000873. The minimum atomic E-state index is 0.0543. The molecule has 1 unspecified atom stereocenters. The zero-order valence-corrected chi connectivity index (χ0v) is 12.5. The van der Waals surface area contributed by atoms with Crippen molar-refractivity contribution >= 4 is 5.91 Å². The van der Waals surface area contributed by atoms with Crippen molar-refractivity contribution in [2.45, 2.75) is 33.2 Å². The second-order valence-corrected chi connectivity index (χ2v) is 5.58. The van der Waals surface area contributed by atoms with E-state index in [2.05, 4.69) is 37.4 Å². The van der Waals surface area contributed by atoms with Gasteiger partial charge in [-0.15, -0.1) is 0 Å². The van der Waals surface area contributed by atoms with Crippen LogP contribution in [0.1, 0.15) is 27.2 Å². The minimum Gasteiger partial charge on any atom is -0.388 e. The average Bonchev–Trinajstić information content (AvgIpc) is 2.53. The standard InChI is InChI=1S/C12H22N2O.C2H6O/c1-5-11(15)14-8-6-7-13-9-10(14)12(2,3)4;1-3-2/h5,10,13H,1,6-9H2,2-4H3;1-2H3. The molecule has 1 heterocycles. The number of hydrogen-bond acceptors (Lipinski definition) is 3. The van der Waals surface area contributed by atoms with E-state index in [9.17, 15) is 4.79 Å². The van der Waals surface area contributed by atoms with Gasteiger partial charge in [0, 0.05) is 33.4 Å². The molecule has 0 aromatic carbocycles. The number of ether oxygens (including phenoxy) is 1. The van der Waals surface area contributed by atoms with Crippen LogP contribution in [-0.4, -0.2) is 50.7 Å². The van der Waals surface area contributed by atoms with E-state index < -0.39 is 0 Å². The zero-order chi connectivity index (χ0) is 14.2. The lowest BCUT2D eigenvalue weighted by Crippen LogP contribution is -2.50. The van der Waals surface area contributed by atoms with Gasteiger partial charge in [-0.05, 0) is 24.5 Å². The van der Waals surface area contributed by atoms with Crippen molar-refractivity contribution in [3.05, 3.63) is 12.7 Å². The Morgan fingerprint density at radius 1 is 1.44 bits per heavy atom. The summed E-state index contributed by atoms with van der Waals surface area (Å²) in [6.45, 7) is 12.8. The average molecular weight is 256 g/mol. The van der Waals surface area contributed by atoms with Gasteiger partial charge in [-0.25, -0.2) is 0 Å². The topological polar surface area (TPSA) is 41.6 Å². The molecule has 1 aliphatic rings. The second kappa shape index (κ2) is 8.27. The van der Waals surface area contributed by atoms with Gasteiger partial charge < -0.3 is 15.0 Å². The summed E-state index contributed by atoms with van der Waals surface area (Å²) < 4.78 is 4.25. The Kier molecular flexibility index (Phi) is 7.87. The summed E-state index contributed by atoms with van der Waals surface area (Å²) >= 11 is 0.